The molecule has 0 aliphatic heterocycles. The summed E-state index contributed by atoms with van der Waals surface area (Å²) in [6.45, 7) is 3.77. The lowest BCUT2D eigenvalue weighted by Gasteiger charge is -2.23. The summed E-state index contributed by atoms with van der Waals surface area (Å²) in [4.78, 5) is 12.6. The van der Waals surface area contributed by atoms with E-state index >= 15 is 0 Å². The number of aryl methyl sites for hydroxylation is 1. The minimum atomic E-state index is -0.538. The van der Waals surface area contributed by atoms with E-state index in [4.69, 9.17) is 9.47 Å². The highest BCUT2D eigenvalue weighted by Gasteiger charge is 2.21. The Morgan fingerprint density at radius 3 is 2.50 bits per heavy atom. The summed E-state index contributed by atoms with van der Waals surface area (Å²) in [6, 6.07) is 13.8. The summed E-state index contributed by atoms with van der Waals surface area (Å²) in [5, 5.41) is 3.03. The van der Waals surface area contributed by atoms with Crippen LogP contribution in [0.25, 0.3) is 0 Å². The van der Waals surface area contributed by atoms with Crippen molar-refractivity contribution in [1.29, 1.82) is 0 Å². The normalized spacial score (nSPS) is 15.5. The van der Waals surface area contributed by atoms with E-state index in [0.717, 1.165) is 29.9 Å². The van der Waals surface area contributed by atoms with Gasteiger partial charge in [0.1, 0.15) is 11.5 Å². The number of carbonyl (C=O) groups excluding carboxylic acids is 1. The van der Waals surface area contributed by atoms with Gasteiger partial charge in [0.25, 0.3) is 5.91 Å². The van der Waals surface area contributed by atoms with E-state index in [1.54, 1.807) is 14.0 Å². The highest BCUT2D eigenvalue weighted by molar-refractivity contribution is 5.81. The lowest BCUT2D eigenvalue weighted by molar-refractivity contribution is -0.127. The Morgan fingerprint density at radius 2 is 1.77 bits per heavy atom. The molecule has 0 saturated carbocycles. The van der Waals surface area contributed by atoms with Gasteiger partial charge in [0.15, 0.2) is 6.10 Å². The number of nitrogens with one attached hydrogen (secondary N) is 1. The van der Waals surface area contributed by atoms with Crippen molar-refractivity contribution >= 4 is 5.91 Å². The van der Waals surface area contributed by atoms with Gasteiger partial charge < -0.3 is 14.8 Å². The summed E-state index contributed by atoms with van der Waals surface area (Å²) in [5.74, 6) is 1.54. The van der Waals surface area contributed by atoms with Gasteiger partial charge in [-0.15, -0.1) is 0 Å². The molecular weight excluding hydrogens is 326 g/mol. The van der Waals surface area contributed by atoms with Crippen LogP contribution in [0.4, 0.5) is 0 Å². The van der Waals surface area contributed by atoms with Crippen molar-refractivity contribution in [2.45, 2.75) is 51.7 Å². The number of ether oxygens (including phenoxy) is 2. The van der Waals surface area contributed by atoms with Gasteiger partial charge in [0.2, 0.25) is 0 Å². The fourth-order valence-electron chi connectivity index (χ4n) is 3.41. The van der Waals surface area contributed by atoms with Gasteiger partial charge in [0.05, 0.1) is 13.2 Å². The van der Waals surface area contributed by atoms with E-state index in [2.05, 4.69) is 11.4 Å². The predicted molar refractivity (Wildman–Crippen MR) is 103 cm³/mol. The molecule has 3 rings (SSSR count). The first-order valence-corrected chi connectivity index (χ1v) is 9.30. The molecular formula is C22H27NO3. The molecule has 0 bridgehead atoms. The Hall–Kier alpha value is -2.49. The van der Waals surface area contributed by atoms with Crippen molar-refractivity contribution in [2.24, 2.45) is 0 Å². The summed E-state index contributed by atoms with van der Waals surface area (Å²) < 4.78 is 11.2. The molecule has 0 spiro atoms. The molecule has 1 aliphatic rings. The quantitative estimate of drug-likeness (QED) is 0.846. The Morgan fingerprint density at radius 1 is 1.04 bits per heavy atom. The summed E-state index contributed by atoms with van der Waals surface area (Å²) in [7, 11) is 1.64. The SMILES string of the molecule is COc1ccc([C@H](C)NC(=O)[C@H](C)Oc2cccc3c2CCCC3)cc1. The average Bonchev–Trinajstić information content (AvgIpc) is 2.68. The molecule has 4 heteroatoms. The average molecular weight is 353 g/mol. The Balaban J connectivity index is 1.62. The van der Waals surface area contributed by atoms with Crippen LogP contribution in [-0.2, 0) is 17.6 Å². The maximum Gasteiger partial charge on any atom is 0.261 e. The first-order valence-electron chi connectivity index (χ1n) is 9.30. The molecule has 0 fully saturated rings. The van der Waals surface area contributed by atoms with Crippen LogP contribution >= 0.6 is 0 Å². The van der Waals surface area contributed by atoms with E-state index in [1.807, 2.05) is 43.3 Å². The third-order valence-electron chi connectivity index (χ3n) is 5.00. The molecule has 138 valence electrons. The maximum absolute atomic E-state index is 12.6. The van der Waals surface area contributed by atoms with Crippen LogP contribution in [0.15, 0.2) is 42.5 Å². The monoisotopic (exact) mass is 353 g/mol. The maximum atomic E-state index is 12.6. The van der Waals surface area contributed by atoms with Gasteiger partial charge in [-0.1, -0.05) is 24.3 Å². The first-order chi connectivity index (χ1) is 12.6. The molecule has 0 heterocycles. The van der Waals surface area contributed by atoms with Crippen molar-refractivity contribution in [3.8, 4) is 11.5 Å². The zero-order valence-electron chi connectivity index (χ0n) is 15.7. The number of methoxy groups -OCH3 is 1. The van der Waals surface area contributed by atoms with Crippen LogP contribution in [0.2, 0.25) is 0 Å². The molecule has 2 aromatic rings. The fourth-order valence-corrected chi connectivity index (χ4v) is 3.41. The minimum Gasteiger partial charge on any atom is -0.497 e. The van der Waals surface area contributed by atoms with Crippen LogP contribution in [-0.4, -0.2) is 19.1 Å². The van der Waals surface area contributed by atoms with E-state index in [-0.39, 0.29) is 11.9 Å². The van der Waals surface area contributed by atoms with Gasteiger partial charge in [-0.3, -0.25) is 4.79 Å². The van der Waals surface area contributed by atoms with Crippen molar-refractivity contribution in [3.05, 3.63) is 59.2 Å². The molecule has 26 heavy (non-hydrogen) atoms. The molecule has 1 aliphatic carbocycles. The Kier molecular flexibility index (Phi) is 5.82. The molecule has 2 aromatic carbocycles. The molecule has 0 unspecified atom stereocenters. The molecule has 4 nitrogen and oxygen atoms in total. The number of benzene rings is 2. The second-order valence-corrected chi connectivity index (χ2v) is 6.86. The van der Waals surface area contributed by atoms with Crippen LogP contribution in [0.1, 0.15) is 49.4 Å². The van der Waals surface area contributed by atoms with Crippen LogP contribution < -0.4 is 14.8 Å². The molecule has 2 atom stereocenters. The van der Waals surface area contributed by atoms with E-state index in [9.17, 15) is 4.79 Å². The largest absolute Gasteiger partial charge is 0.497 e. The number of amides is 1. The van der Waals surface area contributed by atoms with Crippen LogP contribution in [0.5, 0.6) is 11.5 Å². The van der Waals surface area contributed by atoms with E-state index in [1.165, 1.54) is 24.0 Å². The molecule has 1 amide bonds. The topological polar surface area (TPSA) is 47.6 Å². The smallest absolute Gasteiger partial charge is 0.261 e. The third kappa shape index (κ3) is 4.18. The van der Waals surface area contributed by atoms with Crippen molar-refractivity contribution in [1.82, 2.24) is 5.32 Å². The number of hydrogen-bond acceptors (Lipinski definition) is 3. The van der Waals surface area contributed by atoms with Crippen molar-refractivity contribution in [3.63, 3.8) is 0 Å². The molecule has 0 aromatic heterocycles. The van der Waals surface area contributed by atoms with Gasteiger partial charge in [0, 0.05) is 0 Å². The second-order valence-electron chi connectivity index (χ2n) is 6.86. The van der Waals surface area contributed by atoms with E-state index < -0.39 is 6.10 Å². The lowest BCUT2D eigenvalue weighted by Crippen LogP contribution is -2.38. The summed E-state index contributed by atoms with van der Waals surface area (Å²) in [5.41, 5.74) is 3.65. The van der Waals surface area contributed by atoms with Crippen LogP contribution in [0, 0.1) is 0 Å². The number of carbonyl (C=O) groups is 1. The summed E-state index contributed by atoms with van der Waals surface area (Å²) >= 11 is 0. The molecule has 0 radical (unpaired) electrons. The third-order valence-corrected chi connectivity index (χ3v) is 5.00. The van der Waals surface area contributed by atoms with Crippen molar-refractivity contribution in [2.75, 3.05) is 7.11 Å². The number of hydrogen-bond donors (Lipinski definition) is 1. The Bertz CT molecular complexity index is 754. The fraction of sp³-hybridized carbons (Fsp3) is 0.409. The Labute approximate surface area is 155 Å². The highest BCUT2D eigenvalue weighted by Crippen LogP contribution is 2.30. The zero-order valence-corrected chi connectivity index (χ0v) is 15.7. The number of fused-ring (bicyclic) bond motifs is 1. The van der Waals surface area contributed by atoms with Gasteiger partial charge in [-0.25, -0.2) is 0 Å². The van der Waals surface area contributed by atoms with Gasteiger partial charge in [-0.05, 0) is 74.4 Å². The minimum absolute atomic E-state index is 0.0934. The van der Waals surface area contributed by atoms with Crippen molar-refractivity contribution < 1.29 is 14.3 Å². The predicted octanol–water partition coefficient (Wildman–Crippen LogP) is 4.22. The lowest BCUT2D eigenvalue weighted by atomic mass is 9.91. The second kappa shape index (κ2) is 8.26. The molecule has 1 N–H and O–H groups in total. The van der Waals surface area contributed by atoms with Gasteiger partial charge in [-0.2, -0.15) is 0 Å². The van der Waals surface area contributed by atoms with E-state index in [0.29, 0.717) is 0 Å². The summed E-state index contributed by atoms with van der Waals surface area (Å²) in [6.07, 6.45) is 4.00. The zero-order chi connectivity index (χ0) is 18.5. The standard InChI is InChI=1S/C22H27NO3/c1-15(17-11-13-19(25-3)14-12-17)23-22(24)16(2)26-21-10-6-8-18-7-4-5-9-20(18)21/h6,8,10-16H,4-5,7,9H2,1-3H3,(H,23,24)/t15-,16-/m0/s1. The first kappa shape index (κ1) is 18.3. The highest BCUT2D eigenvalue weighted by atomic mass is 16.5. The number of rotatable bonds is 6. The van der Waals surface area contributed by atoms with Gasteiger partial charge >= 0.3 is 0 Å². The van der Waals surface area contributed by atoms with Crippen LogP contribution in [0.3, 0.4) is 0 Å². The molecule has 0 saturated heterocycles.